The number of esters is 1. The number of rotatable bonds is 6. The lowest BCUT2D eigenvalue weighted by atomic mass is 10.1. The standard InChI is InChI=1S/C21H22ClN3O4S/c1-28-19(26)14-23-13-17(15-4-6-16(22)7-5-15)21(30)25-10-8-24(9-11-25)20(27)18-3-2-12-29-18/h2-7,12-13,23H,8-11,14H2,1H3/b17-13-. The highest BCUT2D eigenvalue weighted by Gasteiger charge is 2.26. The highest BCUT2D eigenvalue weighted by Crippen LogP contribution is 2.22. The number of amides is 1. The lowest BCUT2D eigenvalue weighted by Crippen LogP contribution is -2.50. The van der Waals surface area contributed by atoms with E-state index in [-0.39, 0.29) is 18.4 Å². The van der Waals surface area contributed by atoms with Crippen molar-refractivity contribution >= 4 is 46.3 Å². The van der Waals surface area contributed by atoms with E-state index < -0.39 is 0 Å². The van der Waals surface area contributed by atoms with Crippen molar-refractivity contribution in [3.63, 3.8) is 0 Å². The van der Waals surface area contributed by atoms with Crippen molar-refractivity contribution in [1.82, 2.24) is 15.1 Å². The van der Waals surface area contributed by atoms with Crippen LogP contribution in [0.3, 0.4) is 0 Å². The van der Waals surface area contributed by atoms with Crippen molar-refractivity contribution in [2.45, 2.75) is 0 Å². The van der Waals surface area contributed by atoms with E-state index in [1.807, 2.05) is 17.0 Å². The third-order valence-corrected chi connectivity index (χ3v) is 5.42. The highest BCUT2D eigenvalue weighted by molar-refractivity contribution is 7.81. The third kappa shape index (κ3) is 5.40. The summed E-state index contributed by atoms with van der Waals surface area (Å²) in [6, 6.07) is 10.7. The Morgan fingerprint density at radius 2 is 1.83 bits per heavy atom. The molecule has 158 valence electrons. The molecule has 1 aromatic heterocycles. The van der Waals surface area contributed by atoms with E-state index >= 15 is 0 Å². The number of carbonyl (C=O) groups is 2. The maximum absolute atomic E-state index is 12.5. The van der Waals surface area contributed by atoms with Crippen LogP contribution < -0.4 is 5.32 Å². The predicted octanol–water partition coefficient (Wildman–Crippen LogP) is 2.82. The minimum Gasteiger partial charge on any atom is -0.468 e. The molecule has 1 aromatic carbocycles. The van der Waals surface area contributed by atoms with Gasteiger partial charge in [0.25, 0.3) is 5.91 Å². The van der Waals surface area contributed by atoms with Crippen molar-refractivity contribution < 1.29 is 18.7 Å². The van der Waals surface area contributed by atoms with Gasteiger partial charge in [0.05, 0.1) is 13.4 Å². The molecule has 7 nitrogen and oxygen atoms in total. The smallest absolute Gasteiger partial charge is 0.325 e. The van der Waals surface area contributed by atoms with Crippen LogP contribution in [-0.4, -0.2) is 66.5 Å². The van der Waals surface area contributed by atoms with Crippen LogP contribution in [0.5, 0.6) is 0 Å². The Kier molecular flexibility index (Phi) is 7.48. The second kappa shape index (κ2) is 10.3. The Bertz CT molecular complexity index is 920. The molecule has 1 amide bonds. The highest BCUT2D eigenvalue weighted by atomic mass is 35.5. The summed E-state index contributed by atoms with van der Waals surface area (Å²) in [6.07, 6.45) is 3.20. The normalized spacial score (nSPS) is 14.4. The van der Waals surface area contributed by atoms with Crippen molar-refractivity contribution in [3.8, 4) is 0 Å². The first-order chi connectivity index (χ1) is 14.5. The molecule has 0 saturated carbocycles. The molecular weight excluding hydrogens is 426 g/mol. The number of methoxy groups -OCH3 is 1. The van der Waals surface area contributed by atoms with Gasteiger partial charge in [-0.15, -0.1) is 0 Å². The number of hydrogen-bond donors (Lipinski definition) is 1. The molecule has 2 aromatic rings. The molecule has 0 spiro atoms. The molecule has 0 aliphatic carbocycles. The van der Waals surface area contributed by atoms with Crippen LogP contribution in [0.15, 0.2) is 53.3 Å². The van der Waals surface area contributed by atoms with Gasteiger partial charge >= 0.3 is 5.97 Å². The topological polar surface area (TPSA) is 75.0 Å². The lowest BCUT2D eigenvalue weighted by molar-refractivity contribution is -0.139. The first kappa shape index (κ1) is 21.9. The molecule has 0 radical (unpaired) electrons. The number of carbonyl (C=O) groups excluding carboxylic acids is 2. The second-order valence-electron chi connectivity index (χ2n) is 6.58. The largest absolute Gasteiger partial charge is 0.468 e. The average Bonchev–Trinajstić information content (AvgIpc) is 3.31. The van der Waals surface area contributed by atoms with Gasteiger partial charge in [0.1, 0.15) is 11.5 Å². The summed E-state index contributed by atoms with van der Waals surface area (Å²) in [6.45, 7) is 2.27. The number of ether oxygens (including phenoxy) is 1. The number of piperazine rings is 1. The van der Waals surface area contributed by atoms with Crippen LogP contribution >= 0.6 is 23.8 Å². The molecule has 0 atom stereocenters. The Morgan fingerprint density at radius 3 is 2.43 bits per heavy atom. The monoisotopic (exact) mass is 447 g/mol. The summed E-state index contributed by atoms with van der Waals surface area (Å²) in [4.78, 5) is 28.3. The Balaban J connectivity index is 1.70. The average molecular weight is 448 g/mol. The van der Waals surface area contributed by atoms with Crippen molar-refractivity contribution in [1.29, 1.82) is 0 Å². The molecule has 0 unspecified atom stereocenters. The van der Waals surface area contributed by atoms with Crippen molar-refractivity contribution in [2.75, 3.05) is 39.8 Å². The number of benzene rings is 1. The van der Waals surface area contributed by atoms with Crippen molar-refractivity contribution in [2.24, 2.45) is 0 Å². The van der Waals surface area contributed by atoms with Crippen LogP contribution in [0.2, 0.25) is 5.02 Å². The van der Waals surface area contributed by atoms with Crippen LogP contribution in [0.25, 0.3) is 5.57 Å². The van der Waals surface area contributed by atoms with Gasteiger partial charge in [-0.25, -0.2) is 0 Å². The van der Waals surface area contributed by atoms with E-state index in [9.17, 15) is 9.59 Å². The predicted molar refractivity (Wildman–Crippen MR) is 118 cm³/mol. The molecule has 2 heterocycles. The van der Waals surface area contributed by atoms with Gasteiger partial charge in [-0.2, -0.15) is 0 Å². The van der Waals surface area contributed by atoms with Gasteiger partial charge in [0, 0.05) is 43.0 Å². The molecule has 30 heavy (non-hydrogen) atoms. The molecule has 1 saturated heterocycles. The van der Waals surface area contributed by atoms with Gasteiger partial charge in [-0.1, -0.05) is 36.0 Å². The molecule has 9 heteroatoms. The third-order valence-electron chi connectivity index (χ3n) is 4.69. The second-order valence-corrected chi connectivity index (χ2v) is 7.41. The van der Waals surface area contributed by atoms with E-state index in [0.29, 0.717) is 42.0 Å². The molecule has 1 N–H and O–H groups in total. The molecule has 3 rings (SSSR count). The van der Waals surface area contributed by atoms with Gasteiger partial charge in [0.15, 0.2) is 5.76 Å². The van der Waals surface area contributed by atoms with Gasteiger partial charge in [-0.05, 0) is 29.8 Å². The number of nitrogens with one attached hydrogen (secondary N) is 1. The number of halogens is 1. The summed E-state index contributed by atoms with van der Waals surface area (Å²) in [5, 5.41) is 3.58. The fourth-order valence-electron chi connectivity index (χ4n) is 3.05. The van der Waals surface area contributed by atoms with Gasteiger partial charge in [0.2, 0.25) is 0 Å². The number of furan rings is 1. The van der Waals surface area contributed by atoms with E-state index in [4.69, 9.17) is 28.2 Å². The minimum atomic E-state index is -0.377. The summed E-state index contributed by atoms with van der Waals surface area (Å²) >= 11 is 11.8. The van der Waals surface area contributed by atoms with Crippen LogP contribution in [0.1, 0.15) is 16.1 Å². The first-order valence-electron chi connectivity index (χ1n) is 9.38. The van der Waals surface area contributed by atoms with Gasteiger partial charge < -0.3 is 24.3 Å². The fraction of sp³-hybridized carbons (Fsp3) is 0.286. The zero-order chi connectivity index (χ0) is 21.5. The maximum atomic E-state index is 12.5. The zero-order valence-electron chi connectivity index (χ0n) is 16.5. The minimum absolute atomic E-state index is 0.0294. The molecule has 1 aliphatic rings. The first-order valence-corrected chi connectivity index (χ1v) is 10.2. The molecule has 0 bridgehead atoms. The summed E-state index contributed by atoms with van der Waals surface area (Å²) < 4.78 is 9.86. The number of hydrogen-bond acceptors (Lipinski definition) is 6. The van der Waals surface area contributed by atoms with E-state index in [1.54, 1.807) is 35.4 Å². The molecule has 1 aliphatic heterocycles. The molecular formula is C21H22ClN3O4S. The van der Waals surface area contributed by atoms with Crippen LogP contribution in [0, 0.1) is 0 Å². The van der Waals surface area contributed by atoms with Crippen LogP contribution in [0.4, 0.5) is 0 Å². The van der Waals surface area contributed by atoms with Crippen LogP contribution in [-0.2, 0) is 9.53 Å². The Morgan fingerprint density at radius 1 is 1.17 bits per heavy atom. The SMILES string of the molecule is COC(=O)CN/C=C(\C(=S)N1CCN(C(=O)c2ccco2)CC1)c1ccc(Cl)cc1. The number of nitrogens with zero attached hydrogens (tertiary/aromatic N) is 2. The van der Waals surface area contributed by atoms with Gasteiger partial charge in [-0.3, -0.25) is 9.59 Å². The maximum Gasteiger partial charge on any atom is 0.325 e. The zero-order valence-corrected chi connectivity index (χ0v) is 18.0. The number of thiocarbonyl (C=S) groups is 1. The lowest BCUT2D eigenvalue weighted by Gasteiger charge is -2.36. The summed E-state index contributed by atoms with van der Waals surface area (Å²) in [5.41, 5.74) is 1.63. The fourth-order valence-corrected chi connectivity index (χ4v) is 3.53. The Labute approximate surface area is 185 Å². The summed E-state index contributed by atoms with van der Waals surface area (Å²) in [7, 11) is 1.34. The van der Waals surface area contributed by atoms with E-state index in [2.05, 4.69) is 10.1 Å². The Hall–Kier alpha value is -2.84. The quantitative estimate of drug-likeness (QED) is 0.414. The summed E-state index contributed by atoms with van der Waals surface area (Å²) in [5.74, 6) is -0.170. The van der Waals surface area contributed by atoms with Crippen molar-refractivity contribution in [3.05, 3.63) is 65.2 Å². The van der Waals surface area contributed by atoms with E-state index in [0.717, 1.165) is 11.1 Å². The molecule has 1 fully saturated rings. The van der Waals surface area contributed by atoms with E-state index in [1.165, 1.54) is 13.4 Å².